The molecule has 0 unspecified atom stereocenters. The van der Waals surface area contributed by atoms with E-state index in [1.165, 1.54) is 40.7 Å². The number of alkyl halides is 3. The number of carbonyl (C=O) groups excluding carboxylic acids is 1. The van der Waals surface area contributed by atoms with E-state index in [1.54, 1.807) is 17.4 Å². The van der Waals surface area contributed by atoms with Crippen LogP contribution in [0.25, 0.3) is 20.0 Å². The zero-order valence-corrected chi connectivity index (χ0v) is 18.3. The Morgan fingerprint density at radius 2 is 1.94 bits per heavy atom. The molecule has 3 aromatic heterocycles. The van der Waals surface area contributed by atoms with Crippen LogP contribution in [0.5, 0.6) is 5.75 Å². The number of ether oxygens (including phenoxy) is 1. The van der Waals surface area contributed by atoms with Gasteiger partial charge in [0.05, 0.1) is 10.2 Å². The number of hydrogen-bond acceptors (Lipinski definition) is 8. The first-order valence-corrected chi connectivity index (χ1v) is 11.2. The van der Waals surface area contributed by atoms with Crippen molar-refractivity contribution in [3.8, 4) is 15.5 Å². The lowest BCUT2D eigenvalue weighted by Gasteiger charge is -2.10. The highest BCUT2D eigenvalue weighted by atomic mass is 32.1. The number of anilines is 2. The molecule has 0 atom stereocenters. The number of nitrogens with zero attached hydrogens (tertiary/aromatic N) is 2. The lowest BCUT2D eigenvalue weighted by molar-refractivity contribution is -0.189. The van der Waals surface area contributed by atoms with Gasteiger partial charge in [0, 0.05) is 32.9 Å². The van der Waals surface area contributed by atoms with Crippen molar-refractivity contribution in [1.29, 1.82) is 0 Å². The van der Waals surface area contributed by atoms with Gasteiger partial charge in [-0.1, -0.05) is 13.0 Å². The molecule has 0 spiro atoms. The molecule has 0 aliphatic rings. The van der Waals surface area contributed by atoms with Gasteiger partial charge in [-0.2, -0.15) is 13.2 Å². The number of nitrogens with one attached hydrogen (secondary N) is 2. The van der Waals surface area contributed by atoms with Crippen molar-refractivity contribution < 1.29 is 22.7 Å². The number of benzene rings is 1. The second kappa shape index (κ2) is 9.23. The van der Waals surface area contributed by atoms with Crippen LogP contribution in [0.3, 0.4) is 0 Å². The third-order valence-corrected chi connectivity index (χ3v) is 6.72. The van der Waals surface area contributed by atoms with Gasteiger partial charge >= 0.3 is 12.1 Å². The normalized spacial score (nSPS) is 11.6. The van der Waals surface area contributed by atoms with E-state index < -0.39 is 12.1 Å². The number of fused-ring (bicyclic) bond motifs is 1. The van der Waals surface area contributed by atoms with Crippen molar-refractivity contribution in [2.24, 2.45) is 0 Å². The third-order valence-electron chi connectivity index (χ3n) is 4.30. The van der Waals surface area contributed by atoms with E-state index in [1.807, 2.05) is 6.07 Å². The van der Waals surface area contributed by atoms with Crippen LogP contribution in [-0.4, -0.2) is 28.7 Å². The van der Waals surface area contributed by atoms with Crippen molar-refractivity contribution in [2.45, 2.75) is 19.6 Å². The quantitative estimate of drug-likeness (QED) is 0.261. The summed E-state index contributed by atoms with van der Waals surface area (Å²) in [7, 11) is 0. The van der Waals surface area contributed by atoms with Gasteiger partial charge in [0.2, 0.25) is 0 Å². The van der Waals surface area contributed by atoms with Gasteiger partial charge in [0.1, 0.15) is 12.1 Å². The zero-order valence-electron chi connectivity index (χ0n) is 16.7. The Hall–Kier alpha value is -3.02. The summed E-state index contributed by atoms with van der Waals surface area (Å²) in [5.41, 5.74) is 1.18. The van der Waals surface area contributed by atoms with Crippen LogP contribution in [0.1, 0.15) is 11.8 Å². The number of aromatic nitrogens is 2. The second-order valence-electron chi connectivity index (χ2n) is 6.63. The summed E-state index contributed by atoms with van der Waals surface area (Å²) in [5, 5.41) is 6.38. The monoisotopic (exact) mass is 478 g/mol. The minimum atomic E-state index is -5.07. The molecule has 0 saturated carbocycles. The first-order chi connectivity index (χ1) is 15.3. The number of carbonyl (C=O) groups is 1. The summed E-state index contributed by atoms with van der Waals surface area (Å²) in [5.74, 6) is -1.98. The first kappa shape index (κ1) is 22.2. The Morgan fingerprint density at radius 1 is 1.09 bits per heavy atom. The van der Waals surface area contributed by atoms with Crippen LogP contribution in [0.4, 0.5) is 24.7 Å². The fourth-order valence-electron chi connectivity index (χ4n) is 2.86. The topological polar surface area (TPSA) is 76.1 Å². The molecule has 3 heterocycles. The molecule has 4 rings (SSSR count). The van der Waals surface area contributed by atoms with Crippen LogP contribution in [-0.2, 0) is 11.3 Å². The summed E-state index contributed by atoms with van der Waals surface area (Å²) in [6, 6.07) is 11.8. The molecule has 0 fully saturated rings. The van der Waals surface area contributed by atoms with Crippen LogP contribution in [0.15, 0.2) is 48.8 Å². The molecule has 166 valence electrons. The molecule has 2 N–H and O–H groups in total. The fourth-order valence-corrected chi connectivity index (χ4v) is 4.97. The molecule has 6 nitrogen and oxygen atoms in total. The van der Waals surface area contributed by atoms with Gasteiger partial charge in [-0.15, -0.1) is 22.7 Å². The van der Waals surface area contributed by atoms with Crippen molar-refractivity contribution in [3.63, 3.8) is 0 Å². The maximum atomic E-state index is 12.5. The molecule has 0 aliphatic heterocycles. The van der Waals surface area contributed by atoms with Gasteiger partial charge in [-0.05, 0) is 36.9 Å². The van der Waals surface area contributed by atoms with Gasteiger partial charge in [-0.3, -0.25) is 0 Å². The van der Waals surface area contributed by atoms with Crippen molar-refractivity contribution in [2.75, 3.05) is 11.9 Å². The minimum absolute atomic E-state index is 0.221. The number of rotatable bonds is 7. The standard InChI is InChI=1S/C21H17F3N4O2S2/c1-2-25-10-14-6-7-16(31-14)17-9-15-18(32-17)19(27-11-26-15)28-12-4-3-5-13(8-12)30-20(29)21(22,23)24/h3-9,11,25H,2,10H2,1H3,(H,26,27,28). The number of hydrogen-bond donors (Lipinski definition) is 2. The minimum Gasteiger partial charge on any atom is -0.420 e. The Bertz CT molecular complexity index is 1250. The molecule has 0 radical (unpaired) electrons. The van der Waals surface area contributed by atoms with Gasteiger partial charge in [0.15, 0.2) is 5.82 Å². The largest absolute Gasteiger partial charge is 0.491 e. The molecule has 11 heteroatoms. The smallest absolute Gasteiger partial charge is 0.420 e. The molecular formula is C21H17F3N4O2S2. The predicted molar refractivity (Wildman–Crippen MR) is 120 cm³/mol. The SMILES string of the molecule is CCNCc1ccc(-c2cc3ncnc(Nc4cccc(OC(=O)C(F)(F)F)c4)c3s2)s1. The fraction of sp³-hybridized carbons (Fsp3) is 0.190. The molecule has 32 heavy (non-hydrogen) atoms. The number of thiophene rings is 2. The van der Waals surface area contributed by atoms with E-state index >= 15 is 0 Å². The van der Waals surface area contributed by atoms with Gasteiger partial charge in [-0.25, -0.2) is 14.8 Å². The van der Waals surface area contributed by atoms with Gasteiger partial charge < -0.3 is 15.4 Å². The van der Waals surface area contributed by atoms with E-state index in [2.05, 4.69) is 44.4 Å². The molecule has 0 amide bonds. The Labute approximate surface area is 189 Å². The van der Waals surface area contributed by atoms with E-state index in [4.69, 9.17) is 0 Å². The molecule has 0 saturated heterocycles. The predicted octanol–water partition coefficient (Wildman–Crippen LogP) is 5.74. The van der Waals surface area contributed by atoms with E-state index in [0.717, 1.165) is 33.1 Å². The average molecular weight is 479 g/mol. The Kier molecular flexibility index (Phi) is 6.40. The number of esters is 1. The third kappa shape index (κ3) is 5.06. The van der Waals surface area contributed by atoms with Crippen molar-refractivity contribution >= 4 is 50.4 Å². The highest BCUT2D eigenvalue weighted by Crippen LogP contribution is 2.39. The first-order valence-electron chi connectivity index (χ1n) is 9.54. The molecular weight excluding hydrogens is 461 g/mol. The molecule has 4 aromatic rings. The number of halogens is 3. The lowest BCUT2D eigenvalue weighted by atomic mass is 10.3. The summed E-state index contributed by atoms with van der Waals surface area (Å²) in [4.78, 5) is 23.1. The Morgan fingerprint density at radius 3 is 2.72 bits per heavy atom. The highest BCUT2D eigenvalue weighted by molar-refractivity contribution is 7.26. The van der Waals surface area contributed by atoms with Crippen LogP contribution in [0, 0.1) is 0 Å². The van der Waals surface area contributed by atoms with Gasteiger partial charge in [0.25, 0.3) is 0 Å². The van der Waals surface area contributed by atoms with E-state index in [0.29, 0.717) is 11.5 Å². The van der Waals surface area contributed by atoms with Crippen LogP contribution in [0.2, 0.25) is 0 Å². The average Bonchev–Trinajstić information content (AvgIpc) is 3.39. The summed E-state index contributed by atoms with van der Waals surface area (Å²) >= 11 is 3.22. The van der Waals surface area contributed by atoms with E-state index in [9.17, 15) is 18.0 Å². The van der Waals surface area contributed by atoms with Crippen molar-refractivity contribution in [3.05, 3.63) is 53.7 Å². The summed E-state index contributed by atoms with van der Waals surface area (Å²) in [6.07, 6.45) is -3.65. The Balaban J connectivity index is 1.57. The molecule has 0 bridgehead atoms. The van der Waals surface area contributed by atoms with Crippen LogP contribution >= 0.6 is 22.7 Å². The summed E-state index contributed by atoms with van der Waals surface area (Å²) < 4.78 is 42.6. The zero-order chi connectivity index (χ0) is 22.7. The summed E-state index contributed by atoms with van der Waals surface area (Å²) in [6.45, 7) is 3.77. The van der Waals surface area contributed by atoms with Crippen LogP contribution < -0.4 is 15.4 Å². The maximum absolute atomic E-state index is 12.5. The maximum Gasteiger partial charge on any atom is 0.491 e. The van der Waals surface area contributed by atoms with Crippen molar-refractivity contribution in [1.82, 2.24) is 15.3 Å². The lowest BCUT2D eigenvalue weighted by Crippen LogP contribution is -2.27. The van der Waals surface area contributed by atoms with E-state index in [-0.39, 0.29) is 5.75 Å². The molecule has 0 aliphatic carbocycles. The highest BCUT2D eigenvalue weighted by Gasteiger charge is 2.41. The molecule has 1 aromatic carbocycles. The second-order valence-corrected chi connectivity index (χ2v) is 8.85.